The van der Waals surface area contributed by atoms with Crippen LogP contribution >= 0.6 is 35.4 Å². The van der Waals surface area contributed by atoms with E-state index in [0.717, 1.165) is 31.4 Å². The second-order valence-electron chi connectivity index (χ2n) is 4.73. The van der Waals surface area contributed by atoms with Crippen molar-refractivity contribution in [3.05, 3.63) is 28.2 Å². The van der Waals surface area contributed by atoms with Crippen LogP contribution in [-0.2, 0) is 0 Å². The highest BCUT2D eigenvalue weighted by molar-refractivity contribution is 7.80. The third-order valence-corrected chi connectivity index (χ3v) is 4.17. The van der Waals surface area contributed by atoms with Crippen LogP contribution in [0.1, 0.15) is 25.7 Å². The Morgan fingerprint density at radius 2 is 1.84 bits per heavy atom. The zero-order valence-corrected chi connectivity index (χ0v) is 12.7. The molecular weight excluding hydrogens is 303 g/mol. The summed E-state index contributed by atoms with van der Waals surface area (Å²) in [6, 6.07) is 5.62. The van der Waals surface area contributed by atoms with Crippen molar-refractivity contribution in [3.8, 4) is 0 Å². The Labute approximate surface area is 128 Å². The molecule has 2 rings (SSSR count). The molecule has 0 aliphatic heterocycles. The maximum atomic E-state index is 9.45. The lowest BCUT2D eigenvalue weighted by Gasteiger charge is -2.27. The highest BCUT2D eigenvalue weighted by Crippen LogP contribution is 2.25. The van der Waals surface area contributed by atoms with Crippen LogP contribution in [0.2, 0.25) is 10.0 Å². The lowest BCUT2D eigenvalue weighted by Crippen LogP contribution is -2.40. The van der Waals surface area contributed by atoms with Crippen molar-refractivity contribution in [3.63, 3.8) is 0 Å². The van der Waals surface area contributed by atoms with E-state index in [1.54, 1.807) is 12.1 Å². The van der Waals surface area contributed by atoms with Crippen LogP contribution in [0.5, 0.6) is 0 Å². The molecule has 0 radical (unpaired) electrons. The summed E-state index contributed by atoms with van der Waals surface area (Å²) in [5, 5.41) is 17.4. The highest BCUT2D eigenvalue weighted by Gasteiger charge is 2.19. The number of nitrogens with one attached hydrogen (secondary N) is 2. The van der Waals surface area contributed by atoms with E-state index < -0.39 is 0 Å². The number of aliphatic hydroxyl groups excluding tert-OH is 1. The number of hydrogen-bond donors (Lipinski definition) is 3. The first-order valence-corrected chi connectivity index (χ1v) is 7.41. The summed E-state index contributed by atoms with van der Waals surface area (Å²) < 4.78 is 0. The molecule has 6 heteroatoms. The Kier molecular flexibility index (Phi) is 5.28. The minimum Gasteiger partial charge on any atom is -0.393 e. The molecule has 0 amide bonds. The summed E-state index contributed by atoms with van der Waals surface area (Å²) in [6.45, 7) is 0. The fourth-order valence-electron chi connectivity index (χ4n) is 2.15. The van der Waals surface area contributed by atoms with E-state index >= 15 is 0 Å². The van der Waals surface area contributed by atoms with Gasteiger partial charge in [0.2, 0.25) is 0 Å². The standard InChI is InChI=1S/C13H16Cl2N2OS/c14-11-6-3-9(7-12(11)15)17-13(19)16-8-1-4-10(18)5-2-8/h3,6-8,10,18H,1-2,4-5H2,(H2,16,17,19). The molecule has 0 spiro atoms. The van der Waals surface area contributed by atoms with Crippen LogP contribution < -0.4 is 10.6 Å². The van der Waals surface area contributed by atoms with E-state index in [9.17, 15) is 5.11 Å². The van der Waals surface area contributed by atoms with Gasteiger partial charge in [-0.3, -0.25) is 0 Å². The SMILES string of the molecule is OC1CCC(NC(=S)Nc2ccc(Cl)c(Cl)c2)CC1. The molecule has 19 heavy (non-hydrogen) atoms. The molecule has 104 valence electrons. The average molecular weight is 319 g/mol. The van der Waals surface area contributed by atoms with E-state index in [0.29, 0.717) is 21.2 Å². The van der Waals surface area contributed by atoms with Gasteiger partial charge in [0.05, 0.1) is 16.1 Å². The van der Waals surface area contributed by atoms with Crippen molar-refractivity contribution in [2.45, 2.75) is 37.8 Å². The molecule has 1 fully saturated rings. The Bertz CT molecular complexity index is 462. The second kappa shape index (κ2) is 6.75. The first-order valence-electron chi connectivity index (χ1n) is 6.25. The van der Waals surface area contributed by atoms with Gasteiger partial charge in [-0.1, -0.05) is 23.2 Å². The van der Waals surface area contributed by atoms with Crippen LogP contribution in [0, 0.1) is 0 Å². The summed E-state index contributed by atoms with van der Waals surface area (Å²) >= 11 is 17.1. The first kappa shape index (κ1) is 14.9. The van der Waals surface area contributed by atoms with Crippen LogP contribution in [0.15, 0.2) is 18.2 Å². The Hall–Kier alpha value is -0.550. The van der Waals surface area contributed by atoms with Gasteiger partial charge >= 0.3 is 0 Å². The van der Waals surface area contributed by atoms with Crippen molar-refractivity contribution < 1.29 is 5.11 Å². The molecule has 0 atom stereocenters. The average Bonchev–Trinajstić information content (AvgIpc) is 2.37. The molecule has 1 aromatic carbocycles. The van der Waals surface area contributed by atoms with Gasteiger partial charge in [0, 0.05) is 11.7 Å². The predicted octanol–water partition coefficient (Wildman–Crippen LogP) is 3.58. The Morgan fingerprint density at radius 1 is 1.16 bits per heavy atom. The monoisotopic (exact) mass is 318 g/mol. The maximum Gasteiger partial charge on any atom is 0.170 e. The molecule has 0 saturated heterocycles. The lowest BCUT2D eigenvalue weighted by molar-refractivity contribution is 0.120. The van der Waals surface area contributed by atoms with Gasteiger partial charge in [0.1, 0.15) is 0 Å². The number of rotatable bonds is 2. The maximum absolute atomic E-state index is 9.45. The fraction of sp³-hybridized carbons (Fsp3) is 0.462. The van der Waals surface area contributed by atoms with Gasteiger partial charge in [-0.25, -0.2) is 0 Å². The number of hydrogen-bond acceptors (Lipinski definition) is 2. The van der Waals surface area contributed by atoms with Crippen LogP contribution in [0.25, 0.3) is 0 Å². The number of benzene rings is 1. The van der Waals surface area contributed by atoms with Gasteiger partial charge in [-0.2, -0.15) is 0 Å². The van der Waals surface area contributed by atoms with E-state index in [-0.39, 0.29) is 6.10 Å². The smallest absolute Gasteiger partial charge is 0.170 e. The molecule has 3 N–H and O–H groups in total. The van der Waals surface area contributed by atoms with Crippen LogP contribution in [0.4, 0.5) is 5.69 Å². The summed E-state index contributed by atoms with van der Waals surface area (Å²) in [5.74, 6) is 0. The number of halogens is 2. The Balaban J connectivity index is 1.85. The Morgan fingerprint density at radius 3 is 2.47 bits per heavy atom. The molecule has 1 saturated carbocycles. The molecule has 1 aliphatic rings. The van der Waals surface area contributed by atoms with Gasteiger partial charge < -0.3 is 15.7 Å². The normalized spacial score (nSPS) is 22.9. The molecule has 1 aromatic rings. The van der Waals surface area contributed by atoms with E-state index in [4.69, 9.17) is 35.4 Å². The van der Waals surface area contributed by atoms with Crippen molar-refractivity contribution in [2.24, 2.45) is 0 Å². The second-order valence-corrected chi connectivity index (χ2v) is 5.96. The zero-order valence-electron chi connectivity index (χ0n) is 10.3. The van der Waals surface area contributed by atoms with Crippen molar-refractivity contribution in [1.82, 2.24) is 5.32 Å². The fourth-order valence-corrected chi connectivity index (χ4v) is 2.73. The van der Waals surface area contributed by atoms with Crippen molar-refractivity contribution >= 4 is 46.2 Å². The predicted molar refractivity (Wildman–Crippen MR) is 84.1 cm³/mol. The van der Waals surface area contributed by atoms with Crippen LogP contribution in [-0.4, -0.2) is 22.4 Å². The molecule has 0 heterocycles. The summed E-state index contributed by atoms with van der Waals surface area (Å²) in [4.78, 5) is 0. The van der Waals surface area contributed by atoms with Gasteiger partial charge in [-0.05, 0) is 56.1 Å². The summed E-state index contributed by atoms with van der Waals surface area (Å²) in [5.41, 5.74) is 0.808. The van der Waals surface area contributed by atoms with Gasteiger partial charge in [0.15, 0.2) is 5.11 Å². The zero-order chi connectivity index (χ0) is 13.8. The van der Waals surface area contributed by atoms with E-state index in [2.05, 4.69) is 10.6 Å². The van der Waals surface area contributed by atoms with E-state index in [1.165, 1.54) is 0 Å². The molecule has 0 bridgehead atoms. The van der Waals surface area contributed by atoms with Crippen LogP contribution in [0.3, 0.4) is 0 Å². The summed E-state index contributed by atoms with van der Waals surface area (Å²) in [6.07, 6.45) is 3.36. The van der Waals surface area contributed by atoms with Gasteiger partial charge in [-0.15, -0.1) is 0 Å². The molecule has 0 unspecified atom stereocenters. The minimum absolute atomic E-state index is 0.158. The third kappa shape index (κ3) is 4.49. The quantitative estimate of drug-likeness (QED) is 0.729. The summed E-state index contributed by atoms with van der Waals surface area (Å²) in [7, 11) is 0. The molecule has 3 nitrogen and oxygen atoms in total. The minimum atomic E-state index is -0.158. The molecular formula is C13H16Cl2N2OS. The first-order chi connectivity index (χ1) is 9.04. The molecule has 1 aliphatic carbocycles. The number of aliphatic hydroxyl groups is 1. The van der Waals surface area contributed by atoms with Gasteiger partial charge in [0.25, 0.3) is 0 Å². The number of thiocarbonyl (C=S) groups is 1. The third-order valence-electron chi connectivity index (χ3n) is 3.21. The molecule has 0 aromatic heterocycles. The highest BCUT2D eigenvalue weighted by atomic mass is 35.5. The number of anilines is 1. The van der Waals surface area contributed by atoms with E-state index in [1.807, 2.05) is 6.07 Å². The van der Waals surface area contributed by atoms with Crippen molar-refractivity contribution in [1.29, 1.82) is 0 Å². The lowest BCUT2D eigenvalue weighted by atomic mass is 9.93. The van der Waals surface area contributed by atoms with Crippen molar-refractivity contribution in [2.75, 3.05) is 5.32 Å². The topological polar surface area (TPSA) is 44.3 Å². The largest absolute Gasteiger partial charge is 0.393 e.